The number of fused-ring (bicyclic) bond motifs is 1. The van der Waals surface area contributed by atoms with Crippen molar-refractivity contribution in [2.24, 2.45) is 11.8 Å². The highest BCUT2D eigenvalue weighted by Crippen LogP contribution is 2.42. The van der Waals surface area contributed by atoms with Gasteiger partial charge in [0.2, 0.25) is 0 Å². The van der Waals surface area contributed by atoms with E-state index in [-0.39, 0.29) is 24.6 Å². The van der Waals surface area contributed by atoms with Crippen molar-refractivity contribution in [1.29, 1.82) is 0 Å². The lowest BCUT2D eigenvalue weighted by Gasteiger charge is -2.32. The Labute approximate surface area is 116 Å². The second kappa shape index (κ2) is 4.73. The molecule has 108 valence electrons. The molecule has 0 bridgehead atoms. The van der Waals surface area contributed by atoms with Gasteiger partial charge in [0.15, 0.2) is 6.29 Å². The Balaban J connectivity index is 1.61. The highest BCUT2D eigenvalue weighted by Gasteiger charge is 2.53. The molecule has 3 aliphatic rings. The normalized spacial score (nSPS) is 40.4. The van der Waals surface area contributed by atoms with Crippen molar-refractivity contribution in [3.8, 4) is 0 Å². The Morgan fingerprint density at radius 2 is 1.74 bits per heavy atom. The number of hydrogen-bond donors (Lipinski definition) is 0. The molecule has 0 N–H and O–H groups in total. The van der Waals surface area contributed by atoms with Crippen LogP contribution >= 0.6 is 0 Å². The first-order valence-electron chi connectivity index (χ1n) is 7.48. The van der Waals surface area contributed by atoms with Gasteiger partial charge in [0.1, 0.15) is 0 Å². The smallest absolute Gasteiger partial charge is 0.403 e. The first kappa shape index (κ1) is 13.9. The average Bonchev–Trinajstić information content (AvgIpc) is 2.79. The molecule has 3 fully saturated rings. The van der Waals surface area contributed by atoms with Crippen molar-refractivity contribution in [1.82, 2.24) is 0 Å². The Bertz CT molecular complexity index is 328. The second-order valence-electron chi connectivity index (χ2n) is 7.06. The highest BCUT2D eigenvalue weighted by molar-refractivity contribution is 6.45. The summed E-state index contributed by atoms with van der Waals surface area (Å²) in [6.45, 7) is 10.0. The predicted molar refractivity (Wildman–Crippen MR) is 72.8 cm³/mol. The lowest BCUT2D eigenvalue weighted by Crippen LogP contribution is -2.41. The van der Waals surface area contributed by atoms with Gasteiger partial charge in [-0.05, 0) is 52.8 Å². The van der Waals surface area contributed by atoms with Crippen LogP contribution in [0.15, 0.2) is 0 Å². The molecule has 4 nitrogen and oxygen atoms in total. The molecule has 0 unspecified atom stereocenters. The van der Waals surface area contributed by atoms with Crippen molar-refractivity contribution in [3.63, 3.8) is 0 Å². The van der Waals surface area contributed by atoms with Gasteiger partial charge in [0.25, 0.3) is 0 Å². The lowest BCUT2D eigenvalue weighted by molar-refractivity contribution is -0.151. The average molecular weight is 268 g/mol. The maximum absolute atomic E-state index is 6.09. The van der Waals surface area contributed by atoms with E-state index in [4.69, 9.17) is 18.8 Å². The van der Waals surface area contributed by atoms with Crippen molar-refractivity contribution in [2.45, 2.75) is 64.3 Å². The van der Waals surface area contributed by atoms with Crippen LogP contribution in [0.4, 0.5) is 0 Å². The number of ether oxygens (including phenoxy) is 2. The zero-order valence-electron chi connectivity index (χ0n) is 12.5. The molecule has 3 heterocycles. The standard InChI is InChI=1S/C14H25BO4/c1-13(2)14(3,4)19-15(18-13)8-10-9-17-12-11(10)6-5-7-16-12/h10-12H,5-9H2,1-4H3/t10-,11-,12+/m1/s1. The SMILES string of the molecule is CC1(C)OB(C[C@@H]2CO[C@@H]3OCCC[C@H]23)OC1(C)C. The van der Waals surface area contributed by atoms with Gasteiger partial charge in [0.05, 0.1) is 17.8 Å². The van der Waals surface area contributed by atoms with Gasteiger partial charge in [-0.3, -0.25) is 0 Å². The second-order valence-corrected chi connectivity index (χ2v) is 7.06. The number of rotatable bonds is 2. The van der Waals surface area contributed by atoms with E-state index in [2.05, 4.69) is 27.7 Å². The minimum atomic E-state index is -0.237. The molecule has 3 saturated heterocycles. The van der Waals surface area contributed by atoms with Crippen LogP contribution in [0.1, 0.15) is 40.5 Å². The summed E-state index contributed by atoms with van der Waals surface area (Å²) in [7, 11) is -0.112. The van der Waals surface area contributed by atoms with Gasteiger partial charge >= 0.3 is 7.12 Å². The van der Waals surface area contributed by atoms with Crippen LogP contribution in [0, 0.1) is 11.8 Å². The molecule has 3 atom stereocenters. The summed E-state index contributed by atoms with van der Waals surface area (Å²) in [6, 6.07) is 0. The Morgan fingerprint density at radius 3 is 2.42 bits per heavy atom. The zero-order valence-corrected chi connectivity index (χ0v) is 12.5. The van der Waals surface area contributed by atoms with Crippen molar-refractivity contribution in [3.05, 3.63) is 0 Å². The van der Waals surface area contributed by atoms with Gasteiger partial charge in [-0.1, -0.05) is 0 Å². The highest BCUT2D eigenvalue weighted by atomic mass is 16.7. The molecular formula is C14H25BO4. The van der Waals surface area contributed by atoms with Crippen LogP contribution in [-0.4, -0.2) is 37.8 Å². The van der Waals surface area contributed by atoms with E-state index in [9.17, 15) is 0 Å². The van der Waals surface area contributed by atoms with Crippen molar-refractivity contribution in [2.75, 3.05) is 13.2 Å². The molecule has 0 aromatic carbocycles. The summed E-state index contributed by atoms with van der Waals surface area (Å²) in [5, 5.41) is 0. The van der Waals surface area contributed by atoms with E-state index in [0.29, 0.717) is 11.8 Å². The van der Waals surface area contributed by atoms with E-state index < -0.39 is 0 Å². The van der Waals surface area contributed by atoms with Gasteiger partial charge in [-0.25, -0.2) is 0 Å². The molecule has 0 aliphatic carbocycles. The van der Waals surface area contributed by atoms with Crippen LogP contribution in [-0.2, 0) is 18.8 Å². The van der Waals surface area contributed by atoms with Gasteiger partial charge in [0, 0.05) is 12.5 Å². The van der Waals surface area contributed by atoms with Crippen molar-refractivity contribution >= 4 is 7.12 Å². The molecule has 3 aliphatic heterocycles. The third-order valence-corrected chi connectivity index (χ3v) is 5.19. The summed E-state index contributed by atoms with van der Waals surface area (Å²) in [5.74, 6) is 1.02. The van der Waals surface area contributed by atoms with Crippen LogP contribution < -0.4 is 0 Å². The van der Waals surface area contributed by atoms with Crippen LogP contribution in [0.2, 0.25) is 6.32 Å². The minimum absolute atomic E-state index is 0.0150. The van der Waals surface area contributed by atoms with Crippen LogP contribution in [0.25, 0.3) is 0 Å². The fourth-order valence-electron chi connectivity index (χ4n) is 3.30. The third kappa shape index (κ3) is 2.46. The van der Waals surface area contributed by atoms with Crippen LogP contribution in [0.5, 0.6) is 0 Å². The summed E-state index contributed by atoms with van der Waals surface area (Å²) in [6.07, 6.45) is 3.28. The summed E-state index contributed by atoms with van der Waals surface area (Å²) >= 11 is 0. The van der Waals surface area contributed by atoms with Gasteiger partial charge in [-0.2, -0.15) is 0 Å². The van der Waals surface area contributed by atoms with E-state index in [1.54, 1.807) is 0 Å². The molecule has 0 saturated carbocycles. The monoisotopic (exact) mass is 268 g/mol. The predicted octanol–water partition coefficient (Wildman–Crippen LogP) is 2.48. The minimum Gasteiger partial charge on any atom is -0.403 e. The fraction of sp³-hybridized carbons (Fsp3) is 1.00. The Hall–Kier alpha value is -0.0951. The van der Waals surface area contributed by atoms with Gasteiger partial charge in [-0.15, -0.1) is 0 Å². The van der Waals surface area contributed by atoms with Crippen LogP contribution in [0.3, 0.4) is 0 Å². The molecule has 0 radical (unpaired) electrons. The summed E-state index contributed by atoms with van der Waals surface area (Å²) in [4.78, 5) is 0. The molecule has 0 aromatic rings. The van der Waals surface area contributed by atoms with E-state index in [1.165, 1.54) is 6.42 Å². The van der Waals surface area contributed by atoms with Gasteiger partial charge < -0.3 is 18.8 Å². The van der Waals surface area contributed by atoms with E-state index in [0.717, 1.165) is 26.0 Å². The topological polar surface area (TPSA) is 36.9 Å². The molecule has 0 aromatic heterocycles. The van der Waals surface area contributed by atoms with E-state index >= 15 is 0 Å². The zero-order chi connectivity index (χ0) is 13.7. The maximum Gasteiger partial charge on any atom is 0.458 e. The molecular weight excluding hydrogens is 243 g/mol. The molecule has 0 amide bonds. The van der Waals surface area contributed by atoms with E-state index in [1.807, 2.05) is 0 Å². The Morgan fingerprint density at radius 1 is 1.05 bits per heavy atom. The first-order chi connectivity index (χ1) is 8.89. The maximum atomic E-state index is 6.09. The Kier molecular flexibility index (Phi) is 3.45. The first-order valence-corrected chi connectivity index (χ1v) is 7.48. The summed E-state index contributed by atoms with van der Waals surface area (Å²) < 4.78 is 23.6. The van der Waals surface area contributed by atoms with Crippen molar-refractivity contribution < 1.29 is 18.8 Å². The molecule has 0 spiro atoms. The molecule has 19 heavy (non-hydrogen) atoms. The third-order valence-electron chi connectivity index (χ3n) is 5.19. The fourth-order valence-corrected chi connectivity index (χ4v) is 3.30. The lowest BCUT2D eigenvalue weighted by atomic mass is 9.72. The molecule has 5 heteroatoms. The quantitative estimate of drug-likeness (QED) is 0.721. The summed E-state index contributed by atoms with van der Waals surface area (Å²) in [5.41, 5.74) is -0.473. The molecule has 3 rings (SSSR count). The number of hydrogen-bond acceptors (Lipinski definition) is 4. The largest absolute Gasteiger partial charge is 0.458 e.